The molecule has 1 saturated heterocycles. The van der Waals surface area contributed by atoms with E-state index in [4.69, 9.17) is 0 Å². The van der Waals surface area contributed by atoms with Crippen molar-refractivity contribution in [3.63, 3.8) is 0 Å². The van der Waals surface area contributed by atoms with Crippen molar-refractivity contribution >= 4 is 33.1 Å². The molecule has 4 aromatic heterocycles. The number of aromatic nitrogens is 4. The first-order valence-corrected chi connectivity index (χ1v) is 11.2. The molecule has 1 fully saturated rings. The van der Waals surface area contributed by atoms with Crippen LogP contribution in [0.3, 0.4) is 0 Å². The van der Waals surface area contributed by atoms with Crippen LogP contribution in [-0.2, 0) is 0 Å². The smallest absolute Gasteiger partial charge is 0.264 e. The SMILES string of the molecule is Cc1cc(-c2[nH]c3cc(C(=O)N(C)[C@H]4CNC[C@H]4F)sc3c2C(C)C)cn2ncnc12. The third-order valence-electron chi connectivity index (χ3n) is 6.07. The van der Waals surface area contributed by atoms with E-state index in [2.05, 4.69) is 40.3 Å². The van der Waals surface area contributed by atoms with E-state index in [0.717, 1.165) is 32.7 Å². The summed E-state index contributed by atoms with van der Waals surface area (Å²) in [5.41, 5.74) is 6.06. The van der Waals surface area contributed by atoms with Gasteiger partial charge in [0.05, 0.1) is 26.8 Å². The molecule has 162 valence electrons. The third kappa shape index (κ3) is 3.23. The molecule has 5 heterocycles. The predicted octanol–water partition coefficient (Wildman–Crippen LogP) is 3.75. The molecule has 1 amide bonds. The maximum atomic E-state index is 14.1. The molecule has 2 N–H and O–H groups in total. The van der Waals surface area contributed by atoms with Gasteiger partial charge in [0.25, 0.3) is 5.91 Å². The Morgan fingerprint density at radius 2 is 2.16 bits per heavy atom. The molecule has 4 aromatic rings. The zero-order valence-electron chi connectivity index (χ0n) is 17.9. The van der Waals surface area contributed by atoms with Crippen LogP contribution in [0.25, 0.3) is 27.1 Å². The standard InChI is InChI=1S/C22H25FN6OS/c1-11(2)18-19(13-5-12(3)21-25-10-26-29(21)9-13)27-15-6-17(31-20(15)18)22(30)28(4)16-8-24-7-14(16)23/h5-6,9-11,14,16,24,27H,7-8H2,1-4H3/t14-,16+/m1/s1. The lowest BCUT2D eigenvalue weighted by Crippen LogP contribution is -2.42. The van der Waals surface area contributed by atoms with E-state index in [-0.39, 0.29) is 11.8 Å². The first kappa shape index (κ1) is 20.1. The Bertz CT molecular complexity index is 1290. The van der Waals surface area contributed by atoms with Crippen LogP contribution in [0.15, 0.2) is 24.7 Å². The van der Waals surface area contributed by atoms with Gasteiger partial charge in [0.15, 0.2) is 5.65 Å². The molecule has 0 radical (unpaired) electrons. The molecule has 1 aliphatic rings. The number of alkyl halides is 1. The summed E-state index contributed by atoms with van der Waals surface area (Å²) in [6, 6.07) is 3.58. The highest BCUT2D eigenvalue weighted by Gasteiger charge is 2.34. The molecule has 0 aliphatic carbocycles. The maximum Gasteiger partial charge on any atom is 0.264 e. The van der Waals surface area contributed by atoms with Crippen molar-refractivity contribution in [2.45, 2.75) is 38.9 Å². The Morgan fingerprint density at radius 3 is 2.87 bits per heavy atom. The zero-order chi connectivity index (χ0) is 21.9. The van der Waals surface area contributed by atoms with Gasteiger partial charge >= 0.3 is 0 Å². The number of H-pyrrole nitrogens is 1. The topological polar surface area (TPSA) is 78.3 Å². The van der Waals surface area contributed by atoms with Crippen LogP contribution in [0, 0.1) is 6.92 Å². The number of pyridine rings is 1. The van der Waals surface area contributed by atoms with Gasteiger partial charge in [0.2, 0.25) is 0 Å². The fourth-order valence-corrected chi connectivity index (χ4v) is 5.75. The van der Waals surface area contributed by atoms with E-state index < -0.39 is 12.2 Å². The molecule has 31 heavy (non-hydrogen) atoms. The van der Waals surface area contributed by atoms with E-state index in [9.17, 15) is 9.18 Å². The molecule has 1 aliphatic heterocycles. The maximum absolute atomic E-state index is 14.1. The molecule has 5 rings (SSSR count). The van der Waals surface area contributed by atoms with Crippen LogP contribution < -0.4 is 5.32 Å². The number of carbonyl (C=O) groups excluding carboxylic acids is 1. The number of hydrogen-bond acceptors (Lipinski definition) is 5. The number of thiophene rings is 1. The fourth-order valence-electron chi connectivity index (χ4n) is 4.45. The molecule has 0 spiro atoms. The Morgan fingerprint density at radius 1 is 1.35 bits per heavy atom. The van der Waals surface area contributed by atoms with Gasteiger partial charge in [-0.15, -0.1) is 11.3 Å². The van der Waals surface area contributed by atoms with Crippen molar-refractivity contribution in [1.82, 2.24) is 29.8 Å². The van der Waals surface area contributed by atoms with Gasteiger partial charge in [-0.1, -0.05) is 13.8 Å². The van der Waals surface area contributed by atoms with E-state index in [1.165, 1.54) is 21.8 Å². The summed E-state index contributed by atoms with van der Waals surface area (Å²) in [6.07, 6.45) is 2.50. The van der Waals surface area contributed by atoms with Crippen molar-refractivity contribution in [1.29, 1.82) is 0 Å². The minimum Gasteiger partial charge on any atom is -0.354 e. The highest BCUT2D eigenvalue weighted by Crippen LogP contribution is 2.40. The lowest BCUT2D eigenvalue weighted by Gasteiger charge is -2.24. The zero-order valence-corrected chi connectivity index (χ0v) is 18.8. The molecule has 2 atom stereocenters. The van der Waals surface area contributed by atoms with Gasteiger partial charge in [0.1, 0.15) is 12.5 Å². The van der Waals surface area contributed by atoms with Gasteiger partial charge < -0.3 is 15.2 Å². The first-order chi connectivity index (χ1) is 14.8. The number of rotatable bonds is 4. The predicted molar refractivity (Wildman–Crippen MR) is 121 cm³/mol. The number of nitrogens with one attached hydrogen (secondary N) is 2. The number of amides is 1. The Balaban J connectivity index is 1.56. The van der Waals surface area contributed by atoms with Crippen molar-refractivity contribution in [2.75, 3.05) is 20.1 Å². The van der Waals surface area contributed by atoms with Crippen molar-refractivity contribution in [2.24, 2.45) is 0 Å². The Hall–Kier alpha value is -2.78. The van der Waals surface area contributed by atoms with Crippen molar-refractivity contribution in [3.8, 4) is 11.3 Å². The summed E-state index contributed by atoms with van der Waals surface area (Å²) in [4.78, 5) is 23.0. The van der Waals surface area contributed by atoms with E-state index in [0.29, 0.717) is 18.0 Å². The summed E-state index contributed by atoms with van der Waals surface area (Å²) in [5.74, 6) is 0.117. The number of nitrogens with zero attached hydrogens (tertiary/aromatic N) is 4. The van der Waals surface area contributed by atoms with Crippen LogP contribution in [0.4, 0.5) is 4.39 Å². The molecule has 0 aromatic carbocycles. The largest absolute Gasteiger partial charge is 0.354 e. The van der Waals surface area contributed by atoms with Gasteiger partial charge in [-0.2, -0.15) is 5.10 Å². The average molecular weight is 441 g/mol. The number of carbonyl (C=O) groups is 1. The average Bonchev–Trinajstić information content (AvgIpc) is 3.48. The number of hydrogen-bond donors (Lipinski definition) is 2. The van der Waals surface area contributed by atoms with Crippen LogP contribution in [0.1, 0.15) is 40.6 Å². The summed E-state index contributed by atoms with van der Waals surface area (Å²) in [5, 5.41) is 7.30. The molecular formula is C22H25FN6OS. The summed E-state index contributed by atoms with van der Waals surface area (Å²) in [6.45, 7) is 7.11. The minimum absolute atomic E-state index is 0.137. The van der Waals surface area contributed by atoms with E-state index in [1.54, 1.807) is 17.9 Å². The highest BCUT2D eigenvalue weighted by atomic mass is 32.1. The molecule has 7 nitrogen and oxygen atoms in total. The van der Waals surface area contributed by atoms with Crippen LogP contribution in [0.5, 0.6) is 0 Å². The summed E-state index contributed by atoms with van der Waals surface area (Å²) >= 11 is 1.47. The van der Waals surface area contributed by atoms with E-state index in [1.807, 2.05) is 19.2 Å². The molecular weight excluding hydrogens is 415 g/mol. The number of aryl methyl sites for hydroxylation is 1. The van der Waals surface area contributed by atoms with Gasteiger partial charge in [-0.3, -0.25) is 4.79 Å². The fraction of sp³-hybridized carbons (Fsp3) is 0.409. The lowest BCUT2D eigenvalue weighted by atomic mass is 9.99. The lowest BCUT2D eigenvalue weighted by molar-refractivity contribution is 0.0691. The molecule has 9 heteroatoms. The summed E-state index contributed by atoms with van der Waals surface area (Å²) in [7, 11) is 1.69. The minimum atomic E-state index is -1.04. The van der Waals surface area contributed by atoms with Crippen LogP contribution >= 0.6 is 11.3 Å². The molecule has 0 bridgehead atoms. The molecule has 0 saturated carbocycles. The summed E-state index contributed by atoms with van der Waals surface area (Å²) < 4.78 is 17.0. The van der Waals surface area contributed by atoms with Crippen molar-refractivity contribution < 1.29 is 9.18 Å². The normalized spacial score (nSPS) is 19.2. The Kier molecular flexibility index (Phi) is 4.82. The van der Waals surface area contributed by atoms with Gasteiger partial charge in [-0.05, 0) is 36.1 Å². The number of fused-ring (bicyclic) bond motifs is 2. The van der Waals surface area contributed by atoms with Gasteiger partial charge in [0, 0.05) is 31.9 Å². The van der Waals surface area contributed by atoms with Crippen LogP contribution in [0.2, 0.25) is 0 Å². The van der Waals surface area contributed by atoms with Crippen LogP contribution in [-0.4, -0.2) is 62.7 Å². The first-order valence-electron chi connectivity index (χ1n) is 10.4. The monoisotopic (exact) mass is 440 g/mol. The Labute approximate surface area is 183 Å². The number of likely N-dealkylation sites (N-methyl/N-ethyl adjacent to an activating group) is 1. The number of halogens is 1. The number of aromatic amines is 1. The third-order valence-corrected chi connectivity index (χ3v) is 7.23. The second-order valence-electron chi connectivity index (χ2n) is 8.52. The second kappa shape index (κ2) is 7.42. The second-order valence-corrected chi connectivity index (χ2v) is 9.57. The van der Waals surface area contributed by atoms with Crippen molar-refractivity contribution in [3.05, 3.63) is 40.7 Å². The molecule has 0 unspecified atom stereocenters. The quantitative estimate of drug-likeness (QED) is 0.507. The highest BCUT2D eigenvalue weighted by molar-refractivity contribution is 7.21. The van der Waals surface area contributed by atoms with E-state index >= 15 is 0 Å². The van der Waals surface area contributed by atoms with Gasteiger partial charge in [-0.25, -0.2) is 13.9 Å².